The van der Waals surface area contributed by atoms with Crippen LogP contribution in [-0.2, 0) is 4.74 Å². The highest BCUT2D eigenvalue weighted by Gasteiger charge is 2.35. The van der Waals surface area contributed by atoms with Crippen molar-refractivity contribution >= 4 is 22.2 Å². The Hall–Kier alpha value is -1.44. The van der Waals surface area contributed by atoms with Gasteiger partial charge in [-0.15, -0.1) is 11.3 Å². The third-order valence-electron chi connectivity index (χ3n) is 4.30. The Kier molecular flexibility index (Phi) is 3.40. The van der Waals surface area contributed by atoms with Crippen molar-refractivity contribution in [2.75, 3.05) is 26.3 Å². The molecule has 0 unspecified atom stereocenters. The summed E-state index contributed by atoms with van der Waals surface area (Å²) in [5.74, 6) is -0.106. The highest BCUT2D eigenvalue weighted by molar-refractivity contribution is 7.15. The van der Waals surface area contributed by atoms with Crippen molar-refractivity contribution in [3.05, 3.63) is 23.5 Å². The fourth-order valence-electron chi connectivity index (χ4n) is 3.19. The van der Waals surface area contributed by atoms with E-state index in [1.165, 1.54) is 24.2 Å². The van der Waals surface area contributed by atoms with E-state index >= 15 is 0 Å². The molecule has 4 heterocycles. The lowest BCUT2D eigenvalue weighted by Gasteiger charge is -2.27. The molecule has 2 aliphatic rings. The van der Waals surface area contributed by atoms with E-state index in [0.29, 0.717) is 24.9 Å². The molecular weight excluding hydrogens is 288 g/mol. The maximum Gasteiger partial charge on any atom is 0.271 e. The van der Waals surface area contributed by atoms with E-state index in [1.54, 1.807) is 6.20 Å². The molecule has 0 aliphatic carbocycles. The quantitative estimate of drug-likeness (QED) is 0.919. The Morgan fingerprint density at radius 2 is 2.24 bits per heavy atom. The SMILES string of the molecule is O=C(N[C@H]1COC[C@@H]1N1CCCC1)c1cn2ccsc2n1. The Morgan fingerprint density at radius 3 is 3.05 bits per heavy atom. The van der Waals surface area contributed by atoms with Crippen molar-refractivity contribution in [3.8, 4) is 0 Å². The lowest BCUT2D eigenvalue weighted by molar-refractivity contribution is 0.0912. The number of hydrogen-bond donors (Lipinski definition) is 1. The number of imidazole rings is 1. The number of nitrogens with one attached hydrogen (secondary N) is 1. The summed E-state index contributed by atoms with van der Waals surface area (Å²) >= 11 is 1.53. The van der Waals surface area contributed by atoms with Gasteiger partial charge < -0.3 is 10.1 Å². The van der Waals surface area contributed by atoms with Crippen molar-refractivity contribution in [1.82, 2.24) is 19.6 Å². The van der Waals surface area contributed by atoms with Crippen LogP contribution in [0.1, 0.15) is 23.3 Å². The van der Waals surface area contributed by atoms with E-state index in [0.717, 1.165) is 18.1 Å². The summed E-state index contributed by atoms with van der Waals surface area (Å²) in [5.41, 5.74) is 0.480. The summed E-state index contributed by atoms with van der Waals surface area (Å²) in [5, 5.41) is 5.05. The largest absolute Gasteiger partial charge is 0.378 e. The second-order valence-corrected chi connectivity index (χ2v) is 6.52. The van der Waals surface area contributed by atoms with Crippen molar-refractivity contribution in [3.63, 3.8) is 0 Å². The van der Waals surface area contributed by atoms with E-state index in [1.807, 2.05) is 16.0 Å². The first-order valence-corrected chi connectivity index (χ1v) is 8.24. The molecule has 2 aromatic rings. The second kappa shape index (κ2) is 5.40. The average Bonchev–Trinajstić information content (AvgIpc) is 3.22. The number of carbonyl (C=O) groups excluding carboxylic acids is 1. The summed E-state index contributed by atoms with van der Waals surface area (Å²) in [4.78, 5) is 20.0. The molecule has 7 heteroatoms. The number of aromatic nitrogens is 2. The van der Waals surface area contributed by atoms with Crippen LogP contribution in [0, 0.1) is 0 Å². The van der Waals surface area contributed by atoms with Crippen LogP contribution in [0.2, 0.25) is 0 Å². The monoisotopic (exact) mass is 306 g/mol. The number of thiazole rings is 1. The molecule has 2 aliphatic heterocycles. The third kappa shape index (κ3) is 2.45. The van der Waals surface area contributed by atoms with Gasteiger partial charge in [-0.05, 0) is 25.9 Å². The predicted molar refractivity (Wildman–Crippen MR) is 79.7 cm³/mol. The first-order chi connectivity index (χ1) is 10.3. The number of hydrogen-bond acceptors (Lipinski definition) is 5. The van der Waals surface area contributed by atoms with Gasteiger partial charge in [0.05, 0.1) is 25.3 Å². The van der Waals surface area contributed by atoms with E-state index in [9.17, 15) is 4.79 Å². The van der Waals surface area contributed by atoms with Crippen LogP contribution in [-0.4, -0.2) is 58.6 Å². The summed E-state index contributed by atoms with van der Waals surface area (Å²) in [6.45, 7) is 3.53. The maximum absolute atomic E-state index is 12.4. The standard InChI is InChI=1S/C14H18N4O2S/c19-13(10-7-18-5-6-21-14(18)16-10)15-11-8-20-9-12(11)17-3-1-2-4-17/h5-7,11-12H,1-4,8-9H2,(H,15,19)/t11-,12-/m0/s1. The van der Waals surface area contributed by atoms with Crippen molar-refractivity contribution in [2.45, 2.75) is 24.9 Å². The smallest absolute Gasteiger partial charge is 0.271 e. The van der Waals surface area contributed by atoms with E-state index in [2.05, 4.69) is 15.2 Å². The second-order valence-electron chi connectivity index (χ2n) is 5.65. The first-order valence-electron chi connectivity index (χ1n) is 7.36. The van der Waals surface area contributed by atoms with Gasteiger partial charge in [0.15, 0.2) is 4.96 Å². The fraction of sp³-hybridized carbons (Fsp3) is 0.571. The van der Waals surface area contributed by atoms with Gasteiger partial charge in [-0.3, -0.25) is 14.1 Å². The van der Waals surface area contributed by atoms with Gasteiger partial charge in [-0.25, -0.2) is 4.98 Å². The topological polar surface area (TPSA) is 58.9 Å². The molecule has 6 nitrogen and oxygen atoms in total. The molecule has 0 saturated carbocycles. The van der Waals surface area contributed by atoms with Gasteiger partial charge >= 0.3 is 0 Å². The number of likely N-dealkylation sites (tertiary alicyclic amines) is 1. The Bertz CT molecular complexity index is 618. The number of nitrogens with zero attached hydrogens (tertiary/aromatic N) is 3. The summed E-state index contributed by atoms with van der Waals surface area (Å²) in [6.07, 6.45) is 6.18. The lowest BCUT2D eigenvalue weighted by Crippen LogP contribution is -2.50. The minimum absolute atomic E-state index is 0.0651. The van der Waals surface area contributed by atoms with E-state index < -0.39 is 0 Å². The zero-order valence-electron chi connectivity index (χ0n) is 11.7. The molecule has 0 aromatic carbocycles. The number of carbonyl (C=O) groups is 1. The van der Waals surface area contributed by atoms with Gasteiger partial charge in [0.1, 0.15) is 5.69 Å². The molecule has 4 rings (SSSR count). The number of ether oxygens (including phenoxy) is 1. The number of amides is 1. The van der Waals surface area contributed by atoms with Gasteiger partial charge in [0.25, 0.3) is 5.91 Å². The highest BCUT2D eigenvalue weighted by Crippen LogP contribution is 2.19. The Balaban J connectivity index is 1.46. The van der Waals surface area contributed by atoms with Crippen LogP contribution in [0.4, 0.5) is 0 Å². The summed E-state index contributed by atoms with van der Waals surface area (Å²) in [7, 11) is 0. The van der Waals surface area contributed by atoms with E-state index in [4.69, 9.17) is 4.74 Å². The molecule has 1 amide bonds. The molecule has 2 fully saturated rings. The first kappa shape index (κ1) is 13.2. The van der Waals surface area contributed by atoms with E-state index in [-0.39, 0.29) is 11.9 Å². The molecule has 1 N–H and O–H groups in total. The average molecular weight is 306 g/mol. The maximum atomic E-state index is 12.4. The minimum Gasteiger partial charge on any atom is -0.378 e. The van der Waals surface area contributed by atoms with Gasteiger partial charge in [-0.2, -0.15) is 0 Å². The number of rotatable bonds is 3. The summed E-state index contributed by atoms with van der Waals surface area (Å²) < 4.78 is 7.46. The Labute approximate surface area is 126 Å². The predicted octanol–water partition coefficient (Wildman–Crippen LogP) is 0.989. The van der Waals surface area contributed by atoms with Crippen LogP contribution < -0.4 is 5.32 Å². The van der Waals surface area contributed by atoms with Crippen molar-refractivity contribution in [1.29, 1.82) is 0 Å². The molecule has 2 saturated heterocycles. The molecule has 0 bridgehead atoms. The van der Waals surface area contributed by atoms with Gasteiger partial charge in [-0.1, -0.05) is 0 Å². The van der Waals surface area contributed by atoms with Crippen LogP contribution in [0.3, 0.4) is 0 Å². The summed E-state index contributed by atoms with van der Waals surface area (Å²) in [6, 6.07) is 0.371. The van der Waals surface area contributed by atoms with Crippen LogP contribution in [0.15, 0.2) is 17.8 Å². The lowest BCUT2D eigenvalue weighted by atomic mass is 10.1. The molecule has 21 heavy (non-hydrogen) atoms. The molecule has 2 aromatic heterocycles. The molecule has 2 atom stereocenters. The molecular formula is C14H18N4O2S. The molecule has 112 valence electrons. The Morgan fingerprint density at radius 1 is 1.38 bits per heavy atom. The normalized spacial score (nSPS) is 26.7. The van der Waals surface area contributed by atoms with Gasteiger partial charge in [0, 0.05) is 17.8 Å². The molecule has 0 radical (unpaired) electrons. The zero-order valence-corrected chi connectivity index (χ0v) is 12.5. The van der Waals surface area contributed by atoms with Crippen LogP contribution in [0.5, 0.6) is 0 Å². The number of fused-ring (bicyclic) bond motifs is 1. The van der Waals surface area contributed by atoms with Gasteiger partial charge in [0.2, 0.25) is 0 Å². The van der Waals surface area contributed by atoms with Crippen LogP contribution in [0.25, 0.3) is 4.96 Å². The fourth-order valence-corrected chi connectivity index (χ4v) is 3.89. The molecule has 0 spiro atoms. The van der Waals surface area contributed by atoms with Crippen molar-refractivity contribution < 1.29 is 9.53 Å². The third-order valence-corrected chi connectivity index (χ3v) is 5.07. The minimum atomic E-state index is -0.106. The zero-order chi connectivity index (χ0) is 14.2. The highest BCUT2D eigenvalue weighted by atomic mass is 32.1. The van der Waals surface area contributed by atoms with Crippen molar-refractivity contribution in [2.24, 2.45) is 0 Å². The van der Waals surface area contributed by atoms with Crippen LogP contribution >= 0.6 is 11.3 Å².